The van der Waals surface area contributed by atoms with E-state index < -0.39 is 5.97 Å². The van der Waals surface area contributed by atoms with E-state index in [1.165, 1.54) is 7.11 Å². The van der Waals surface area contributed by atoms with Crippen molar-refractivity contribution in [2.24, 2.45) is 0 Å². The van der Waals surface area contributed by atoms with Crippen molar-refractivity contribution in [3.63, 3.8) is 0 Å². The molecular formula is C25H17BrO6. The van der Waals surface area contributed by atoms with Crippen LogP contribution in [-0.2, 0) is 4.74 Å². The molecule has 3 aromatic rings. The molecule has 160 valence electrons. The van der Waals surface area contributed by atoms with E-state index >= 15 is 0 Å². The number of Topliss-reactive ketones (excluding diaryl/α,β-unsaturated/α-hetero) is 2. The minimum atomic E-state index is -0.434. The van der Waals surface area contributed by atoms with Gasteiger partial charge in [0.15, 0.2) is 18.1 Å². The zero-order chi connectivity index (χ0) is 22.7. The summed E-state index contributed by atoms with van der Waals surface area (Å²) in [6.45, 7) is -0.135. The van der Waals surface area contributed by atoms with Crippen molar-refractivity contribution in [2.45, 2.75) is 0 Å². The van der Waals surface area contributed by atoms with Crippen LogP contribution in [0.5, 0.6) is 11.5 Å². The number of allylic oxidation sites excluding steroid dienone is 1. The monoisotopic (exact) mass is 492 g/mol. The number of carbonyl (C=O) groups is 3. The van der Waals surface area contributed by atoms with Gasteiger partial charge in [-0.1, -0.05) is 40.2 Å². The molecule has 0 radical (unpaired) electrons. The molecule has 3 aromatic carbocycles. The predicted octanol–water partition coefficient (Wildman–Crippen LogP) is 5.11. The topological polar surface area (TPSA) is 78.9 Å². The van der Waals surface area contributed by atoms with E-state index in [0.29, 0.717) is 33.8 Å². The van der Waals surface area contributed by atoms with Crippen LogP contribution in [0, 0.1) is 0 Å². The van der Waals surface area contributed by atoms with Crippen LogP contribution in [0.25, 0.3) is 6.08 Å². The Morgan fingerprint density at radius 2 is 1.66 bits per heavy atom. The van der Waals surface area contributed by atoms with Crippen molar-refractivity contribution < 1.29 is 28.6 Å². The van der Waals surface area contributed by atoms with Crippen molar-refractivity contribution in [1.82, 2.24) is 0 Å². The average molecular weight is 493 g/mol. The summed E-state index contributed by atoms with van der Waals surface area (Å²) in [5.74, 6) is 0.0945. The van der Waals surface area contributed by atoms with Crippen molar-refractivity contribution in [2.75, 3.05) is 13.7 Å². The summed E-state index contributed by atoms with van der Waals surface area (Å²) >= 11 is 3.33. The Hall–Kier alpha value is -3.71. The number of hydrogen-bond donors (Lipinski definition) is 0. The molecule has 0 spiro atoms. The molecule has 0 saturated heterocycles. The van der Waals surface area contributed by atoms with E-state index in [1.807, 2.05) is 0 Å². The summed E-state index contributed by atoms with van der Waals surface area (Å²) < 4.78 is 16.9. The van der Waals surface area contributed by atoms with Crippen LogP contribution in [0.15, 0.2) is 77.0 Å². The van der Waals surface area contributed by atoms with Crippen molar-refractivity contribution >= 4 is 39.5 Å². The molecule has 0 aromatic heterocycles. The van der Waals surface area contributed by atoms with Crippen LogP contribution in [0.4, 0.5) is 0 Å². The molecule has 4 rings (SSSR count). The second-order valence-electron chi connectivity index (χ2n) is 6.93. The van der Waals surface area contributed by atoms with Gasteiger partial charge in [-0.05, 0) is 48.0 Å². The average Bonchev–Trinajstić information content (AvgIpc) is 3.12. The number of ketones is 2. The highest BCUT2D eigenvalue weighted by Crippen LogP contribution is 2.35. The lowest BCUT2D eigenvalue weighted by atomic mass is 10.1. The molecule has 1 aliphatic heterocycles. The number of esters is 1. The van der Waals surface area contributed by atoms with Gasteiger partial charge in [0.05, 0.1) is 18.2 Å². The molecule has 0 atom stereocenters. The first-order valence-corrected chi connectivity index (χ1v) is 10.4. The van der Waals surface area contributed by atoms with E-state index in [9.17, 15) is 14.4 Å². The summed E-state index contributed by atoms with van der Waals surface area (Å²) in [6, 6.07) is 18.5. The molecule has 32 heavy (non-hydrogen) atoms. The van der Waals surface area contributed by atoms with E-state index in [4.69, 9.17) is 9.47 Å². The van der Waals surface area contributed by atoms with Gasteiger partial charge in [0.1, 0.15) is 11.5 Å². The summed E-state index contributed by atoms with van der Waals surface area (Å²) in [7, 11) is 1.31. The molecule has 0 unspecified atom stereocenters. The minimum absolute atomic E-state index is 0.135. The molecule has 6 nitrogen and oxygen atoms in total. The third-order valence-corrected chi connectivity index (χ3v) is 5.34. The maximum atomic E-state index is 12.6. The van der Waals surface area contributed by atoms with E-state index in [2.05, 4.69) is 20.7 Å². The quantitative estimate of drug-likeness (QED) is 0.270. The first-order chi connectivity index (χ1) is 15.4. The first-order valence-electron chi connectivity index (χ1n) is 9.63. The summed E-state index contributed by atoms with van der Waals surface area (Å²) in [6.07, 6.45) is 1.60. The van der Waals surface area contributed by atoms with Crippen molar-refractivity contribution in [3.8, 4) is 11.5 Å². The third kappa shape index (κ3) is 4.63. The Balaban J connectivity index is 1.45. The Morgan fingerprint density at radius 3 is 2.34 bits per heavy atom. The summed E-state index contributed by atoms with van der Waals surface area (Å²) in [5, 5.41) is 0. The molecule has 0 amide bonds. The second-order valence-corrected chi connectivity index (χ2v) is 7.85. The van der Waals surface area contributed by atoms with E-state index in [-0.39, 0.29) is 23.9 Å². The van der Waals surface area contributed by atoms with Gasteiger partial charge >= 0.3 is 5.97 Å². The highest BCUT2D eigenvalue weighted by Gasteiger charge is 2.27. The molecule has 1 aliphatic rings. The number of rotatable bonds is 6. The Morgan fingerprint density at radius 1 is 0.969 bits per heavy atom. The van der Waals surface area contributed by atoms with Crippen LogP contribution in [-0.4, -0.2) is 31.3 Å². The SMILES string of the molecule is COC(=O)c1ccc(/C=C2\Oc3cc(OCC(=O)c4ccc(Br)cc4)ccc3C2=O)cc1. The zero-order valence-electron chi connectivity index (χ0n) is 17.0. The van der Waals surface area contributed by atoms with Gasteiger partial charge in [0, 0.05) is 16.1 Å². The van der Waals surface area contributed by atoms with Crippen LogP contribution in [0.2, 0.25) is 0 Å². The molecule has 0 saturated carbocycles. The lowest BCUT2D eigenvalue weighted by Gasteiger charge is -2.07. The van der Waals surface area contributed by atoms with Crippen LogP contribution < -0.4 is 9.47 Å². The predicted molar refractivity (Wildman–Crippen MR) is 121 cm³/mol. The van der Waals surface area contributed by atoms with Crippen molar-refractivity contribution in [3.05, 3.63) is 99.2 Å². The van der Waals surface area contributed by atoms with Crippen molar-refractivity contribution in [1.29, 1.82) is 0 Å². The second kappa shape index (κ2) is 9.20. The number of benzene rings is 3. The number of carbonyl (C=O) groups excluding carboxylic acids is 3. The highest BCUT2D eigenvalue weighted by molar-refractivity contribution is 9.10. The molecule has 0 fully saturated rings. The molecule has 0 aliphatic carbocycles. The molecule has 7 heteroatoms. The van der Waals surface area contributed by atoms with E-state index in [1.54, 1.807) is 72.8 Å². The smallest absolute Gasteiger partial charge is 0.337 e. The molecule has 1 heterocycles. The van der Waals surface area contributed by atoms with Crippen LogP contribution in [0.3, 0.4) is 0 Å². The van der Waals surface area contributed by atoms with Gasteiger partial charge in [-0.15, -0.1) is 0 Å². The van der Waals surface area contributed by atoms with Gasteiger partial charge in [-0.3, -0.25) is 9.59 Å². The maximum absolute atomic E-state index is 12.6. The Bertz CT molecular complexity index is 1230. The number of halogens is 1. The summed E-state index contributed by atoms with van der Waals surface area (Å²) in [5.41, 5.74) is 2.07. The Kier molecular flexibility index (Phi) is 6.18. The number of fused-ring (bicyclic) bond motifs is 1. The number of methoxy groups -OCH3 is 1. The fraction of sp³-hybridized carbons (Fsp3) is 0.0800. The first kappa shape index (κ1) is 21.5. The highest BCUT2D eigenvalue weighted by atomic mass is 79.9. The maximum Gasteiger partial charge on any atom is 0.337 e. The lowest BCUT2D eigenvalue weighted by Crippen LogP contribution is -2.11. The summed E-state index contributed by atoms with van der Waals surface area (Å²) in [4.78, 5) is 36.5. The fourth-order valence-electron chi connectivity index (χ4n) is 3.11. The van der Waals surface area contributed by atoms with Gasteiger partial charge in [0.2, 0.25) is 5.78 Å². The normalized spacial score (nSPS) is 13.4. The Labute approximate surface area is 192 Å². The van der Waals surface area contributed by atoms with Crippen LogP contribution >= 0.6 is 15.9 Å². The molecule has 0 N–H and O–H groups in total. The van der Waals surface area contributed by atoms with E-state index in [0.717, 1.165) is 4.47 Å². The van der Waals surface area contributed by atoms with Crippen LogP contribution in [0.1, 0.15) is 36.6 Å². The fourth-order valence-corrected chi connectivity index (χ4v) is 3.37. The number of ether oxygens (including phenoxy) is 3. The van der Waals surface area contributed by atoms with Gasteiger partial charge in [-0.2, -0.15) is 0 Å². The zero-order valence-corrected chi connectivity index (χ0v) is 18.5. The van der Waals surface area contributed by atoms with Gasteiger partial charge < -0.3 is 14.2 Å². The third-order valence-electron chi connectivity index (χ3n) is 4.81. The standard InChI is InChI=1S/C25H17BrO6/c1-30-25(29)17-4-2-15(3-5-17)12-23-24(28)20-11-10-19(13-22(20)32-23)31-14-21(27)16-6-8-18(26)9-7-16/h2-13H,14H2,1H3/b23-12-. The minimum Gasteiger partial charge on any atom is -0.485 e. The molecule has 0 bridgehead atoms. The largest absolute Gasteiger partial charge is 0.485 e. The van der Waals surface area contributed by atoms with Gasteiger partial charge in [-0.25, -0.2) is 4.79 Å². The molecular weight excluding hydrogens is 476 g/mol. The van der Waals surface area contributed by atoms with Gasteiger partial charge in [0.25, 0.3) is 0 Å². The lowest BCUT2D eigenvalue weighted by molar-refractivity contribution is 0.0600. The number of hydrogen-bond acceptors (Lipinski definition) is 6.